The van der Waals surface area contributed by atoms with Crippen molar-refractivity contribution in [1.29, 1.82) is 0 Å². The third-order valence-electron chi connectivity index (χ3n) is 5.61. The second-order valence-corrected chi connectivity index (χ2v) is 7.84. The number of carbonyl (C=O) groups is 1. The quantitative estimate of drug-likeness (QED) is 0.460. The maximum atomic E-state index is 12.9. The van der Waals surface area contributed by atoms with E-state index in [1.807, 2.05) is 24.4 Å². The number of alkyl halides is 3. The Labute approximate surface area is 186 Å². The monoisotopic (exact) mass is 452 g/mol. The van der Waals surface area contributed by atoms with Crippen LogP contribution in [0, 0.1) is 0 Å². The summed E-state index contributed by atoms with van der Waals surface area (Å²) < 4.78 is 38.8. The molecule has 10 heteroatoms. The molecule has 2 N–H and O–H groups in total. The van der Waals surface area contributed by atoms with Gasteiger partial charge in [-0.05, 0) is 48.7 Å². The van der Waals surface area contributed by atoms with Crippen LogP contribution in [0.25, 0.3) is 22.0 Å². The number of aromatic amines is 1. The second-order valence-electron chi connectivity index (χ2n) is 7.84. The van der Waals surface area contributed by atoms with E-state index in [-0.39, 0.29) is 11.4 Å². The lowest BCUT2D eigenvalue weighted by molar-refractivity contribution is -0.141. The molecule has 3 aromatic heterocycles. The van der Waals surface area contributed by atoms with E-state index in [0.29, 0.717) is 10.9 Å². The molecule has 1 amide bonds. The van der Waals surface area contributed by atoms with E-state index < -0.39 is 17.8 Å². The molecule has 33 heavy (non-hydrogen) atoms. The molecule has 1 saturated heterocycles. The maximum Gasteiger partial charge on any atom is 0.433 e. The van der Waals surface area contributed by atoms with Gasteiger partial charge in [0.15, 0.2) is 5.69 Å². The van der Waals surface area contributed by atoms with Crippen molar-refractivity contribution in [3.8, 4) is 11.1 Å². The number of fused-ring (bicyclic) bond motifs is 1. The van der Waals surface area contributed by atoms with E-state index in [1.54, 1.807) is 6.20 Å². The zero-order chi connectivity index (χ0) is 23.0. The van der Waals surface area contributed by atoms with E-state index >= 15 is 0 Å². The molecule has 1 aliphatic rings. The molecule has 0 radical (unpaired) electrons. The number of rotatable bonds is 4. The summed E-state index contributed by atoms with van der Waals surface area (Å²) in [6, 6.07) is 9.69. The fourth-order valence-corrected chi connectivity index (χ4v) is 3.95. The van der Waals surface area contributed by atoms with Gasteiger partial charge in [-0.25, -0.2) is 0 Å². The molecule has 7 nitrogen and oxygen atoms in total. The van der Waals surface area contributed by atoms with Crippen LogP contribution in [0.4, 0.5) is 24.5 Å². The summed E-state index contributed by atoms with van der Waals surface area (Å²) in [5.74, 6) is -0.623. The average molecular weight is 452 g/mol. The minimum Gasteiger partial charge on any atom is -0.370 e. The molecule has 0 saturated carbocycles. The third-order valence-corrected chi connectivity index (χ3v) is 5.61. The van der Waals surface area contributed by atoms with Gasteiger partial charge in [-0.2, -0.15) is 18.3 Å². The average Bonchev–Trinajstić information content (AvgIpc) is 3.49. The van der Waals surface area contributed by atoms with Gasteiger partial charge in [0, 0.05) is 42.1 Å². The van der Waals surface area contributed by atoms with Gasteiger partial charge in [-0.15, -0.1) is 0 Å². The summed E-state index contributed by atoms with van der Waals surface area (Å²) in [7, 11) is 0. The standard InChI is InChI=1S/C23H19F3N6O/c24-23(25,26)20-11-16(5-6-28-20)29-22(33)21-18-10-14(3-4-19(18)30-31-21)15-9-17(13-27-12-15)32-7-1-2-8-32/h3-6,9-13H,1-2,7-8H2,(H,30,31)(H,28,29,33). The molecule has 4 aromatic rings. The van der Waals surface area contributed by atoms with Crippen LogP contribution < -0.4 is 10.2 Å². The first-order chi connectivity index (χ1) is 15.9. The summed E-state index contributed by atoms with van der Waals surface area (Å²) in [5, 5.41) is 9.91. The Morgan fingerprint density at radius 1 is 1.03 bits per heavy atom. The number of benzene rings is 1. The lowest BCUT2D eigenvalue weighted by Crippen LogP contribution is -2.17. The van der Waals surface area contributed by atoms with Gasteiger partial charge in [0.25, 0.3) is 5.91 Å². The van der Waals surface area contributed by atoms with Crippen molar-refractivity contribution in [3.05, 3.63) is 66.4 Å². The molecule has 0 atom stereocenters. The highest BCUT2D eigenvalue weighted by molar-refractivity contribution is 6.11. The zero-order valence-electron chi connectivity index (χ0n) is 17.4. The van der Waals surface area contributed by atoms with Crippen LogP contribution >= 0.6 is 0 Å². The van der Waals surface area contributed by atoms with Crippen LogP contribution in [-0.2, 0) is 6.18 Å². The van der Waals surface area contributed by atoms with E-state index in [2.05, 4.69) is 36.4 Å². The van der Waals surface area contributed by atoms with Crippen LogP contribution in [0.1, 0.15) is 29.0 Å². The van der Waals surface area contributed by atoms with Gasteiger partial charge in [-0.1, -0.05) is 6.07 Å². The van der Waals surface area contributed by atoms with Crippen LogP contribution in [0.2, 0.25) is 0 Å². The number of nitrogens with zero attached hydrogens (tertiary/aromatic N) is 4. The van der Waals surface area contributed by atoms with Crippen LogP contribution in [0.15, 0.2) is 55.0 Å². The molecule has 1 aliphatic heterocycles. The number of nitrogens with one attached hydrogen (secondary N) is 2. The van der Waals surface area contributed by atoms with Crippen molar-refractivity contribution in [1.82, 2.24) is 20.2 Å². The lowest BCUT2D eigenvalue weighted by atomic mass is 10.0. The molecule has 0 spiro atoms. The van der Waals surface area contributed by atoms with Crippen molar-refractivity contribution in [2.45, 2.75) is 19.0 Å². The zero-order valence-corrected chi connectivity index (χ0v) is 17.4. The Bertz CT molecular complexity index is 1330. The van der Waals surface area contributed by atoms with E-state index in [4.69, 9.17) is 0 Å². The smallest absolute Gasteiger partial charge is 0.370 e. The van der Waals surface area contributed by atoms with Crippen molar-refractivity contribution in [2.75, 3.05) is 23.3 Å². The molecule has 5 rings (SSSR count). The van der Waals surface area contributed by atoms with Gasteiger partial charge in [0.2, 0.25) is 0 Å². The summed E-state index contributed by atoms with van der Waals surface area (Å²) in [5.41, 5.74) is 2.43. The van der Waals surface area contributed by atoms with Crippen molar-refractivity contribution in [2.24, 2.45) is 0 Å². The van der Waals surface area contributed by atoms with Gasteiger partial charge in [-0.3, -0.25) is 19.9 Å². The van der Waals surface area contributed by atoms with Gasteiger partial charge in [0.1, 0.15) is 5.69 Å². The first-order valence-corrected chi connectivity index (χ1v) is 10.4. The number of carbonyl (C=O) groups excluding carboxylic acids is 1. The number of amides is 1. The fraction of sp³-hybridized carbons (Fsp3) is 0.217. The van der Waals surface area contributed by atoms with E-state index in [0.717, 1.165) is 55.0 Å². The SMILES string of the molecule is O=C(Nc1ccnc(C(F)(F)F)c1)c1n[nH]c2ccc(-c3cncc(N4CCCC4)c3)cc12. The van der Waals surface area contributed by atoms with Crippen molar-refractivity contribution in [3.63, 3.8) is 0 Å². The minimum absolute atomic E-state index is 0.0165. The topological polar surface area (TPSA) is 86.8 Å². The number of hydrogen-bond acceptors (Lipinski definition) is 5. The highest BCUT2D eigenvalue weighted by atomic mass is 19.4. The van der Waals surface area contributed by atoms with Crippen molar-refractivity contribution >= 4 is 28.2 Å². The Morgan fingerprint density at radius 3 is 2.64 bits per heavy atom. The molecule has 4 heterocycles. The number of aromatic nitrogens is 4. The summed E-state index contributed by atoms with van der Waals surface area (Å²) in [4.78, 5) is 22.8. The number of anilines is 2. The van der Waals surface area contributed by atoms with Gasteiger partial charge < -0.3 is 10.2 Å². The van der Waals surface area contributed by atoms with E-state index in [9.17, 15) is 18.0 Å². The summed E-state index contributed by atoms with van der Waals surface area (Å²) in [6.45, 7) is 2.00. The first kappa shape index (κ1) is 20.9. The Morgan fingerprint density at radius 2 is 1.85 bits per heavy atom. The second kappa shape index (κ2) is 8.19. The van der Waals surface area contributed by atoms with E-state index in [1.165, 1.54) is 6.07 Å². The largest absolute Gasteiger partial charge is 0.433 e. The number of hydrogen-bond donors (Lipinski definition) is 2. The lowest BCUT2D eigenvalue weighted by Gasteiger charge is -2.17. The van der Waals surface area contributed by atoms with Crippen LogP contribution in [-0.4, -0.2) is 39.2 Å². The molecule has 1 aromatic carbocycles. The summed E-state index contributed by atoms with van der Waals surface area (Å²) in [6.07, 6.45) is 2.31. The highest BCUT2D eigenvalue weighted by Crippen LogP contribution is 2.30. The number of H-pyrrole nitrogens is 1. The first-order valence-electron chi connectivity index (χ1n) is 10.4. The van der Waals surface area contributed by atoms with Crippen LogP contribution in [0.3, 0.4) is 0 Å². The molecule has 0 bridgehead atoms. The Balaban J connectivity index is 1.44. The predicted octanol–water partition coefficient (Wildman–Crippen LogP) is 4.89. The molecular formula is C23H19F3N6O. The molecule has 0 aliphatic carbocycles. The minimum atomic E-state index is -4.60. The molecular weight excluding hydrogens is 433 g/mol. The highest BCUT2D eigenvalue weighted by Gasteiger charge is 2.32. The number of pyridine rings is 2. The Kier molecular flexibility index (Phi) is 5.20. The Hall–Kier alpha value is -3.95. The summed E-state index contributed by atoms with van der Waals surface area (Å²) >= 11 is 0. The van der Waals surface area contributed by atoms with Gasteiger partial charge in [0.05, 0.1) is 17.4 Å². The van der Waals surface area contributed by atoms with Crippen molar-refractivity contribution < 1.29 is 18.0 Å². The predicted molar refractivity (Wildman–Crippen MR) is 118 cm³/mol. The maximum absolute atomic E-state index is 12.9. The third kappa shape index (κ3) is 4.23. The van der Waals surface area contributed by atoms with Gasteiger partial charge >= 0.3 is 6.18 Å². The number of halogens is 3. The molecule has 168 valence electrons. The molecule has 1 fully saturated rings. The molecule has 0 unspecified atom stereocenters. The fourth-order valence-electron chi connectivity index (χ4n) is 3.95. The van der Waals surface area contributed by atoms with Crippen LogP contribution in [0.5, 0.6) is 0 Å². The normalized spacial score (nSPS) is 14.1.